The first-order chi connectivity index (χ1) is 16.0. The third-order valence-electron chi connectivity index (χ3n) is 6.76. The number of hydrogen-bond donors (Lipinski definition) is 1. The van der Waals surface area contributed by atoms with E-state index in [0.717, 1.165) is 16.9 Å². The molecule has 2 aromatic rings. The highest BCUT2D eigenvalue weighted by molar-refractivity contribution is 6.09. The summed E-state index contributed by atoms with van der Waals surface area (Å²) in [5, 5.41) is 2.65. The summed E-state index contributed by atoms with van der Waals surface area (Å²) in [5.41, 5.74) is 1.38. The average Bonchev–Trinajstić information content (AvgIpc) is 3.51. The van der Waals surface area contributed by atoms with Crippen LogP contribution < -0.4 is 5.32 Å². The third-order valence-corrected chi connectivity index (χ3v) is 6.76. The number of esters is 1. The smallest absolute Gasteiger partial charge is 0.330 e. The first kappa shape index (κ1) is 21.1. The third kappa shape index (κ3) is 3.95. The van der Waals surface area contributed by atoms with Crippen LogP contribution in [0.15, 0.2) is 72.8 Å². The largest absolute Gasteiger partial charge is 0.454 e. The molecule has 0 radical (unpaired) electrons. The first-order valence-electron chi connectivity index (χ1n) is 11.1. The van der Waals surface area contributed by atoms with Crippen molar-refractivity contribution in [1.29, 1.82) is 0 Å². The average molecular weight is 444 g/mol. The molecule has 33 heavy (non-hydrogen) atoms. The Balaban J connectivity index is 1.33. The number of fused-ring (bicyclic) bond motifs is 5. The summed E-state index contributed by atoms with van der Waals surface area (Å²) in [6.07, 6.45) is 4.98. The lowest BCUT2D eigenvalue weighted by molar-refractivity contribution is -0.160. The second-order valence-electron chi connectivity index (χ2n) is 8.77. The monoisotopic (exact) mass is 444 g/mol. The SMILES string of the molecule is O=C(COC(=O)[C@H](Cc1ccccc1)N1C(=O)[C@@H]2[C@H](C1=O)[C@H]1C=C[C@H]2C1)Nc1ccccc1. The Morgan fingerprint density at radius 3 is 2.09 bits per heavy atom. The number of anilines is 1. The molecular weight excluding hydrogens is 420 g/mol. The van der Waals surface area contributed by atoms with Gasteiger partial charge in [-0.3, -0.25) is 19.3 Å². The summed E-state index contributed by atoms with van der Waals surface area (Å²) >= 11 is 0. The van der Waals surface area contributed by atoms with Gasteiger partial charge in [0.15, 0.2) is 6.61 Å². The molecule has 0 unspecified atom stereocenters. The van der Waals surface area contributed by atoms with Crippen molar-refractivity contribution < 1.29 is 23.9 Å². The maximum atomic E-state index is 13.3. The summed E-state index contributed by atoms with van der Waals surface area (Å²) < 4.78 is 5.30. The topological polar surface area (TPSA) is 92.8 Å². The molecule has 3 amide bonds. The molecule has 1 saturated carbocycles. The molecule has 1 heterocycles. The molecule has 7 nitrogen and oxygen atoms in total. The highest BCUT2D eigenvalue weighted by atomic mass is 16.5. The molecule has 1 aliphatic heterocycles. The van der Waals surface area contributed by atoms with E-state index in [1.165, 1.54) is 0 Å². The van der Waals surface area contributed by atoms with Gasteiger partial charge in [0.25, 0.3) is 5.91 Å². The zero-order valence-corrected chi connectivity index (χ0v) is 17.9. The van der Waals surface area contributed by atoms with Crippen LogP contribution in [0, 0.1) is 23.7 Å². The van der Waals surface area contributed by atoms with E-state index in [1.54, 1.807) is 24.3 Å². The van der Waals surface area contributed by atoms with Crippen LogP contribution in [-0.2, 0) is 30.3 Å². The van der Waals surface area contributed by atoms with Gasteiger partial charge in [-0.1, -0.05) is 60.7 Å². The van der Waals surface area contributed by atoms with Crippen LogP contribution in [0.25, 0.3) is 0 Å². The number of likely N-dealkylation sites (tertiary alicyclic amines) is 1. The molecule has 3 aliphatic rings. The van der Waals surface area contributed by atoms with Crippen LogP contribution in [0.2, 0.25) is 0 Å². The maximum absolute atomic E-state index is 13.3. The minimum Gasteiger partial charge on any atom is -0.454 e. The lowest BCUT2D eigenvalue weighted by atomic mass is 9.85. The summed E-state index contributed by atoms with van der Waals surface area (Å²) in [4.78, 5) is 53.1. The molecule has 168 valence electrons. The number of para-hydroxylation sites is 1. The lowest BCUT2D eigenvalue weighted by Gasteiger charge is -2.26. The number of allylic oxidation sites excluding steroid dienone is 2. The predicted octanol–water partition coefficient (Wildman–Crippen LogP) is 2.59. The normalized spacial score (nSPS) is 25.8. The molecule has 1 saturated heterocycles. The van der Waals surface area contributed by atoms with E-state index >= 15 is 0 Å². The van der Waals surface area contributed by atoms with Crippen molar-refractivity contribution in [1.82, 2.24) is 4.90 Å². The van der Waals surface area contributed by atoms with Crippen molar-refractivity contribution in [3.63, 3.8) is 0 Å². The summed E-state index contributed by atoms with van der Waals surface area (Å²) in [6.45, 7) is -0.505. The fourth-order valence-corrected chi connectivity index (χ4v) is 5.30. The van der Waals surface area contributed by atoms with E-state index in [4.69, 9.17) is 4.74 Å². The molecule has 2 fully saturated rings. The molecular formula is C26H24N2O5. The Bertz CT molecular complexity index is 1080. The number of nitrogens with zero attached hydrogens (tertiary/aromatic N) is 1. The van der Waals surface area contributed by atoms with E-state index < -0.39 is 36.4 Å². The fraction of sp³-hybridized carbons (Fsp3) is 0.308. The van der Waals surface area contributed by atoms with Gasteiger partial charge in [-0.2, -0.15) is 0 Å². The number of amides is 3. The van der Waals surface area contributed by atoms with Gasteiger partial charge in [-0.25, -0.2) is 4.79 Å². The first-order valence-corrected chi connectivity index (χ1v) is 11.1. The molecule has 2 aliphatic carbocycles. The number of hydrogen-bond acceptors (Lipinski definition) is 5. The Hall–Kier alpha value is -3.74. The predicted molar refractivity (Wildman–Crippen MR) is 120 cm³/mol. The molecule has 2 bridgehead atoms. The van der Waals surface area contributed by atoms with Crippen LogP contribution in [0.5, 0.6) is 0 Å². The van der Waals surface area contributed by atoms with Gasteiger partial charge >= 0.3 is 5.97 Å². The Kier molecular flexibility index (Phi) is 5.54. The Morgan fingerprint density at radius 1 is 0.909 bits per heavy atom. The number of carbonyl (C=O) groups is 4. The number of imide groups is 1. The van der Waals surface area contributed by atoms with Gasteiger partial charge in [-0.15, -0.1) is 0 Å². The van der Waals surface area contributed by atoms with E-state index in [9.17, 15) is 19.2 Å². The van der Waals surface area contributed by atoms with Gasteiger partial charge in [0, 0.05) is 12.1 Å². The van der Waals surface area contributed by atoms with Crippen LogP contribution >= 0.6 is 0 Å². The second-order valence-corrected chi connectivity index (χ2v) is 8.77. The highest BCUT2D eigenvalue weighted by Gasteiger charge is 2.61. The number of nitrogens with one attached hydrogen (secondary N) is 1. The molecule has 5 rings (SSSR count). The second kappa shape index (κ2) is 8.65. The highest BCUT2D eigenvalue weighted by Crippen LogP contribution is 2.53. The fourth-order valence-electron chi connectivity index (χ4n) is 5.30. The van der Waals surface area contributed by atoms with Crippen molar-refractivity contribution in [3.05, 3.63) is 78.4 Å². The van der Waals surface area contributed by atoms with Crippen molar-refractivity contribution in [2.75, 3.05) is 11.9 Å². The van der Waals surface area contributed by atoms with Gasteiger partial charge in [-0.05, 0) is 36.0 Å². The molecule has 7 heteroatoms. The summed E-state index contributed by atoms with van der Waals surface area (Å²) in [5.74, 6) is -2.59. The van der Waals surface area contributed by atoms with Crippen molar-refractivity contribution in [3.8, 4) is 0 Å². The van der Waals surface area contributed by atoms with E-state index in [-0.39, 0.29) is 30.1 Å². The van der Waals surface area contributed by atoms with Gasteiger partial charge < -0.3 is 10.1 Å². The lowest BCUT2D eigenvalue weighted by Crippen LogP contribution is -2.48. The van der Waals surface area contributed by atoms with Gasteiger partial charge in [0.1, 0.15) is 6.04 Å². The van der Waals surface area contributed by atoms with Crippen molar-refractivity contribution in [2.45, 2.75) is 18.9 Å². The van der Waals surface area contributed by atoms with Crippen LogP contribution in [0.1, 0.15) is 12.0 Å². The zero-order valence-electron chi connectivity index (χ0n) is 17.9. The number of rotatable bonds is 7. The van der Waals surface area contributed by atoms with Crippen molar-refractivity contribution >= 4 is 29.4 Å². The van der Waals surface area contributed by atoms with Gasteiger partial charge in [0.05, 0.1) is 11.8 Å². The zero-order chi connectivity index (χ0) is 22.9. The van der Waals surface area contributed by atoms with Crippen LogP contribution in [0.4, 0.5) is 5.69 Å². The minimum atomic E-state index is -1.11. The molecule has 2 aromatic carbocycles. The molecule has 0 spiro atoms. The summed E-state index contributed by atoms with van der Waals surface area (Å²) in [7, 11) is 0. The summed E-state index contributed by atoms with van der Waals surface area (Å²) in [6, 6.07) is 16.9. The maximum Gasteiger partial charge on any atom is 0.330 e. The van der Waals surface area contributed by atoms with Crippen LogP contribution in [-0.4, -0.2) is 41.2 Å². The molecule has 5 atom stereocenters. The quantitative estimate of drug-likeness (QED) is 0.403. The molecule has 0 aromatic heterocycles. The van der Waals surface area contributed by atoms with E-state index in [1.807, 2.05) is 48.6 Å². The van der Waals surface area contributed by atoms with Crippen molar-refractivity contribution in [2.24, 2.45) is 23.7 Å². The molecule has 1 N–H and O–H groups in total. The van der Waals surface area contributed by atoms with E-state index in [2.05, 4.69) is 5.32 Å². The minimum absolute atomic E-state index is 0.0477. The van der Waals surface area contributed by atoms with E-state index in [0.29, 0.717) is 5.69 Å². The standard InChI is InChI=1S/C26H24N2O5/c29-21(27-19-9-5-2-6-10-19)15-33-26(32)20(13-16-7-3-1-4-8-16)28-24(30)22-17-11-12-18(14-17)23(22)25(28)31/h1-12,17-18,20,22-23H,13-15H2,(H,27,29)/t17-,18-,20-,22-,23+/m0/s1. The Labute approximate surface area is 191 Å². The van der Waals surface area contributed by atoms with Crippen LogP contribution in [0.3, 0.4) is 0 Å². The number of ether oxygens (including phenoxy) is 1. The number of carbonyl (C=O) groups excluding carboxylic acids is 4. The van der Waals surface area contributed by atoms with Gasteiger partial charge in [0.2, 0.25) is 11.8 Å². The number of benzene rings is 2. The Morgan fingerprint density at radius 2 is 1.48 bits per heavy atom.